The Balaban J connectivity index is 2.72. The van der Waals surface area contributed by atoms with Gasteiger partial charge in [0.1, 0.15) is 18.7 Å². The average Bonchev–Trinajstić information content (AvgIpc) is 3.00. The van der Waals surface area contributed by atoms with Crippen LogP contribution in [-0.2, 0) is 35.3 Å². The molecule has 13 nitrogen and oxygen atoms in total. The fourth-order valence-electron chi connectivity index (χ4n) is 4.39. The molecule has 0 fully saturated rings. The molecule has 0 aromatic heterocycles. The number of esters is 1. The van der Waals surface area contributed by atoms with Gasteiger partial charge >= 0.3 is 12.0 Å². The molecule has 0 aliphatic carbocycles. The molecule has 47 heavy (non-hydrogen) atoms. The minimum absolute atomic E-state index is 0.0395. The van der Waals surface area contributed by atoms with Crippen molar-refractivity contribution in [3.05, 3.63) is 29.8 Å². The Kier molecular flexibility index (Phi) is 19.5. The smallest absolute Gasteiger partial charge is 0.312 e. The second-order valence-electron chi connectivity index (χ2n) is 12.8. The van der Waals surface area contributed by atoms with E-state index in [0.717, 1.165) is 24.8 Å². The summed E-state index contributed by atoms with van der Waals surface area (Å²) in [5, 5.41) is 13.7. The minimum atomic E-state index is -0.960. The predicted molar refractivity (Wildman–Crippen MR) is 181 cm³/mol. The van der Waals surface area contributed by atoms with Crippen molar-refractivity contribution >= 4 is 41.3 Å². The van der Waals surface area contributed by atoms with Crippen LogP contribution >= 0.6 is 0 Å². The van der Waals surface area contributed by atoms with E-state index in [0.29, 0.717) is 37.4 Å². The molecular weight excluding hydrogens is 604 g/mol. The average molecular weight is 661 g/mol. The molecule has 13 heteroatoms. The third-order valence-electron chi connectivity index (χ3n) is 7.29. The van der Waals surface area contributed by atoms with Crippen molar-refractivity contribution in [2.45, 2.75) is 112 Å². The molecule has 6 amide bonds. The zero-order valence-electron chi connectivity index (χ0n) is 28.9. The number of carbonyl (C=O) groups is 6. The van der Waals surface area contributed by atoms with Crippen molar-refractivity contribution in [2.75, 3.05) is 18.4 Å². The third-order valence-corrected chi connectivity index (χ3v) is 7.29. The SMILES string of the molecule is CC(C)CCC(=O)NCCCCCC(=O)N[C@H](C(=O)N[C@@H](CCCNC(N)=O)C(=O)Nc1ccc(COC(=O)C(C)C)cc1)C(C)C. The van der Waals surface area contributed by atoms with Gasteiger partial charge in [-0.15, -0.1) is 0 Å². The molecule has 1 aromatic rings. The number of carbonyl (C=O) groups excluding carboxylic acids is 6. The van der Waals surface area contributed by atoms with Crippen LogP contribution in [-0.4, -0.2) is 60.8 Å². The highest BCUT2D eigenvalue weighted by Crippen LogP contribution is 2.14. The molecule has 0 saturated carbocycles. The summed E-state index contributed by atoms with van der Waals surface area (Å²) in [6.45, 7) is 12.1. The van der Waals surface area contributed by atoms with E-state index < -0.39 is 29.9 Å². The van der Waals surface area contributed by atoms with E-state index in [-0.39, 0.29) is 55.6 Å². The summed E-state index contributed by atoms with van der Waals surface area (Å²) in [7, 11) is 0. The maximum Gasteiger partial charge on any atom is 0.312 e. The number of ether oxygens (including phenoxy) is 1. The first-order valence-corrected chi connectivity index (χ1v) is 16.7. The fraction of sp³-hybridized carbons (Fsp3) is 0.647. The second kappa shape index (κ2) is 22.4. The van der Waals surface area contributed by atoms with Gasteiger partial charge in [-0.2, -0.15) is 0 Å². The topological polar surface area (TPSA) is 198 Å². The number of primary amides is 1. The first-order valence-electron chi connectivity index (χ1n) is 16.7. The molecule has 0 aliphatic rings. The monoisotopic (exact) mass is 660 g/mol. The van der Waals surface area contributed by atoms with E-state index in [1.54, 1.807) is 52.0 Å². The molecule has 0 saturated heterocycles. The van der Waals surface area contributed by atoms with Gasteiger partial charge in [0.05, 0.1) is 5.92 Å². The molecule has 2 atom stereocenters. The van der Waals surface area contributed by atoms with E-state index in [1.165, 1.54) is 0 Å². The maximum absolute atomic E-state index is 13.3. The highest BCUT2D eigenvalue weighted by molar-refractivity contribution is 5.98. The molecule has 0 heterocycles. The van der Waals surface area contributed by atoms with Crippen LogP contribution in [0.2, 0.25) is 0 Å². The maximum atomic E-state index is 13.3. The lowest BCUT2D eigenvalue weighted by Gasteiger charge is -2.25. The van der Waals surface area contributed by atoms with Crippen LogP contribution in [0, 0.1) is 17.8 Å². The number of unbranched alkanes of at least 4 members (excludes halogenated alkanes) is 2. The summed E-state index contributed by atoms with van der Waals surface area (Å²) in [6.07, 6.45) is 4.27. The van der Waals surface area contributed by atoms with Crippen molar-refractivity contribution in [3.8, 4) is 0 Å². The lowest BCUT2D eigenvalue weighted by atomic mass is 10.0. The van der Waals surface area contributed by atoms with Gasteiger partial charge in [0.2, 0.25) is 23.6 Å². The highest BCUT2D eigenvalue weighted by atomic mass is 16.5. The third kappa shape index (κ3) is 18.5. The van der Waals surface area contributed by atoms with E-state index in [9.17, 15) is 28.8 Å². The van der Waals surface area contributed by atoms with Gasteiger partial charge in [0.15, 0.2) is 0 Å². The molecular formula is C34H56N6O7. The van der Waals surface area contributed by atoms with Crippen molar-refractivity contribution in [3.63, 3.8) is 0 Å². The molecule has 264 valence electrons. The van der Waals surface area contributed by atoms with Crippen molar-refractivity contribution in [1.29, 1.82) is 0 Å². The zero-order valence-corrected chi connectivity index (χ0v) is 28.9. The summed E-state index contributed by atoms with van der Waals surface area (Å²) in [5.74, 6) is -1.52. The van der Waals surface area contributed by atoms with Crippen molar-refractivity contribution < 1.29 is 33.5 Å². The Bertz CT molecular complexity index is 1150. The molecule has 1 rings (SSSR count). The number of anilines is 1. The molecule has 0 radical (unpaired) electrons. The number of urea groups is 1. The fourth-order valence-corrected chi connectivity index (χ4v) is 4.39. The van der Waals surface area contributed by atoms with Gasteiger partial charge in [-0.3, -0.25) is 24.0 Å². The lowest BCUT2D eigenvalue weighted by Crippen LogP contribution is -2.54. The number of benzene rings is 1. The number of hydrogen-bond acceptors (Lipinski definition) is 7. The normalized spacial score (nSPS) is 12.3. The molecule has 0 aliphatic heterocycles. The standard InChI is InChI=1S/C34H56N6O7/c1-22(2)13-18-28(41)36-19-9-7-8-12-29(42)40-30(23(3)4)32(44)39-27(11-10-20-37-34(35)46)31(43)38-26-16-14-25(15-17-26)21-47-33(45)24(5)6/h14-17,22-24,27,30H,7-13,18-21H2,1-6H3,(H,36,41)(H,38,43)(H,39,44)(H,40,42)(H3,35,37,46)/t27-,30-/m0/s1. The molecule has 0 spiro atoms. The molecule has 0 bridgehead atoms. The summed E-state index contributed by atoms with van der Waals surface area (Å²) in [5.41, 5.74) is 6.37. The predicted octanol–water partition coefficient (Wildman–Crippen LogP) is 3.51. The Hall–Kier alpha value is -4.16. The minimum Gasteiger partial charge on any atom is -0.461 e. The van der Waals surface area contributed by atoms with E-state index >= 15 is 0 Å². The van der Waals surface area contributed by atoms with Crippen LogP contribution in [0.5, 0.6) is 0 Å². The summed E-state index contributed by atoms with van der Waals surface area (Å²) in [6, 6.07) is 4.27. The van der Waals surface area contributed by atoms with Crippen molar-refractivity contribution in [1.82, 2.24) is 21.3 Å². The molecule has 1 aromatic carbocycles. The van der Waals surface area contributed by atoms with Gasteiger partial charge in [-0.05, 0) is 61.6 Å². The first kappa shape index (κ1) is 40.9. The number of hydrogen-bond donors (Lipinski definition) is 6. The van der Waals surface area contributed by atoms with Gasteiger partial charge in [0.25, 0.3) is 0 Å². The molecule has 0 unspecified atom stereocenters. The van der Waals surface area contributed by atoms with Crippen LogP contribution < -0.4 is 32.3 Å². The van der Waals surface area contributed by atoms with E-state index in [1.807, 2.05) is 0 Å². The lowest BCUT2D eigenvalue weighted by molar-refractivity contribution is -0.148. The van der Waals surface area contributed by atoms with E-state index in [4.69, 9.17) is 10.5 Å². The zero-order chi connectivity index (χ0) is 35.4. The van der Waals surface area contributed by atoms with Gasteiger partial charge < -0.3 is 37.1 Å². The summed E-state index contributed by atoms with van der Waals surface area (Å²) >= 11 is 0. The van der Waals surface area contributed by atoms with Crippen LogP contribution in [0.25, 0.3) is 0 Å². The number of nitrogens with one attached hydrogen (secondary N) is 5. The molecule has 7 N–H and O–H groups in total. The van der Waals surface area contributed by atoms with Crippen LogP contribution in [0.1, 0.15) is 98.5 Å². The number of rotatable bonds is 22. The number of nitrogens with two attached hydrogens (primary N) is 1. The van der Waals surface area contributed by atoms with Gasteiger partial charge in [-0.1, -0.05) is 60.1 Å². The Morgan fingerprint density at radius 3 is 1.98 bits per heavy atom. The van der Waals surface area contributed by atoms with Crippen LogP contribution in [0.3, 0.4) is 0 Å². The Morgan fingerprint density at radius 1 is 0.723 bits per heavy atom. The van der Waals surface area contributed by atoms with Crippen LogP contribution in [0.15, 0.2) is 24.3 Å². The Labute approximate surface area is 279 Å². The first-order chi connectivity index (χ1) is 22.2. The van der Waals surface area contributed by atoms with Gasteiger partial charge in [-0.25, -0.2) is 4.79 Å². The number of amides is 6. The summed E-state index contributed by atoms with van der Waals surface area (Å²) < 4.78 is 5.24. The second-order valence-corrected chi connectivity index (χ2v) is 12.8. The Morgan fingerprint density at radius 2 is 1.38 bits per heavy atom. The van der Waals surface area contributed by atoms with E-state index in [2.05, 4.69) is 40.4 Å². The van der Waals surface area contributed by atoms with Gasteiger partial charge in [0, 0.05) is 31.6 Å². The van der Waals surface area contributed by atoms with Crippen LogP contribution in [0.4, 0.5) is 10.5 Å². The van der Waals surface area contributed by atoms with Crippen molar-refractivity contribution in [2.24, 2.45) is 23.5 Å². The quantitative estimate of drug-likeness (QED) is 0.0808. The largest absolute Gasteiger partial charge is 0.461 e. The highest BCUT2D eigenvalue weighted by Gasteiger charge is 2.28. The summed E-state index contributed by atoms with van der Waals surface area (Å²) in [4.78, 5) is 74.0.